The number of amides is 2. The zero-order valence-corrected chi connectivity index (χ0v) is 17.5. The number of fused-ring (bicyclic) bond motifs is 2. The van der Waals surface area contributed by atoms with Gasteiger partial charge in [-0.1, -0.05) is 6.07 Å². The smallest absolute Gasteiger partial charge is 0.340 e. The zero-order chi connectivity index (χ0) is 22.1. The predicted molar refractivity (Wildman–Crippen MR) is 113 cm³/mol. The molecule has 2 amide bonds. The molecule has 1 aliphatic rings. The first-order chi connectivity index (χ1) is 14.9. The molecule has 11 heteroatoms. The van der Waals surface area contributed by atoms with Crippen LogP contribution < -0.4 is 20.9 Å². The lowest BCUT2D eigenvalue weighted by atomic mass is 10.1. The molecule has 2 aromatic heterocycles. The molecule has 0 unspecified atom stereocenters. The number of nitrogens with one attached hydrogen (secondary N) is 3. The minimum Gasteiger partial charge on any atom is -0.482 e. The minimum atomic E-state index is -0.598. The van der Waals surface area contributed by atoms with Crippen LogP contribution in [0.15, 0.2) is 23.0 Å². The number of thiophene rings is 1. The number of aryl methyl sites for hydroxylation is 1. The van der Waals surface area contributed by atoms with Gasteiger partial charge in [-0.3, -0.25) is 14.4 Å². The van der Waals surface area contributed by atoms with Gasteiger partial charge in [-0.15, -0.1) is 11.3 Å². The van der Waals surface area contributed by atoms with Gasteiger partial charge in [-0.25, -0.2) is 9.78 Å². The van der Waals surface area contributed by atoms with Crippen molar-refractivity contribution < 1.29 is 23.9 Å². The molecule has 0 radical (unpaired) electrons. The second kappa shape index (κ2) is 8.19. The first kappa shape index (κ1) is 20.5. The second-order valence-corrected chi connectivity index (χ2v) is 7.90. The second-order valence-electron chi connectivity index (χ2n) is 6.70. The molecule has 160 valence electrons. The van der Waals surface area contributed by atoms with Crippen molar-refractivity contribution in [2.75, 3.05) is 18.5 Å². The Labute approximate surface area is 179 Å². The third-order valence-electron chi connectivity index (χ3n) is 4.56. The summed E-state index contributed by atoms with van der Waals surface area (Å²) in [6, 6.07) is 5.15. The summed E-state index contributed by atoms with van der Waals surface area (Å²) in [5.74, 6) is -1.04. The Hall–Kier alpha value is -3.73. The molecule has 4 rings (SSSR count). The van der Waals surface area contributed by atoms with Crippen LogP contribution in [0.4, 0.5) is 5.69 Å². The maximum Gasteiger partial charge on any atom is 0.340 e. The van der Waals surface area contributed by atoms with Crippen molar-refractivity contribution in [2.45, 2.75) is 20.4 Å². The Balaban J connectivity index is 1.55. The van der Waals surface area contributed by atoms with E-state index in [0.29, 0.717) is 16.3 Å². The van der Waals surface area contributed by atoms with E-state index in [0.717, 1.165) is 16.9 Å². The molecule has 0 aliphatic carbocycles. The van der Waals surface area contributed by atoms with Crippen molar-refractivity contribution in [3.8, 4) is 5.75 Å². The molecule has 0 saturated carbocycles. The molecular formula is C20H18N4O6S. The molecule has 3 aromatic rings. The van der Waals surface area contributed by atoms with Crippen LogP contribution in [0.3, 0.4) is 0 Å². The van der Waals surface area contributed by atoms with Gasteiger partial charge < -0.3 is 25.1 Å². The van der Waals surface area contributed by atoms with Gasteiger partial charge in [0, 0.05) is 11.4 Å². The molecule has 0 atom stereocenters. The fourth-order valence-electron chi connectivity index (χ4n) is 3.18. The Morgan fingerprint density at radius 3 is 2.90 bits per heavy atom. The summed E-state index contributed by atoms with van der Waals surface area (Å²) in [6.45, 7) is 3.65. The van der Waals surface area contributed by atoms with E-state index in [9.17, 15) is 19.2 Å². The molecule has 0 fully saturated rings. The summed E-state index contributed by atoms with van der Waals surface area (Å²) in [4.78, 5) is 56.3. The standard InChI is InChI=1S/C20H18N4O6S/c1-3-29-20(28)14-9(2)31-19-15(14)17(26)23-16(24-19)18(27)21-7-10-4-5-12-11(6-10)22-13(25)8-30-12/h4-6H,3,7-8H2,1-2H3,(H,21,27)(H,22,25)(H,23,24,26). The van der Waals surface area contributed by atoms with Gasteiger partial charge in [0.05, 0.1) is 23.2 Å². The van der Waals surface area contributed by atoms with Crippen LogP contribution in [0.5, 0.6) is 5.75 Å². The number of anilines is 1. The van der Waals surface area contributed by atoms with E-state index in [4.69, 9.17) is 9.47 Å². The fourth-order valence-corrected chi connectivity index (χ4v) is 4.19. The van der Waals surface area contributed by atoms with Gasteiger partial charge in [0.2, 0.25) is 5.82 Å². The Morgan fingerprint density at radius 2 is 2.13 bits per heavy atom. The molecule has 0 saturated heterocycles. The monoisotopic (exact) mass is 442 g/mol. The van der Waals surface area contributed by atoms with Crippen LogP contribution in [0.1, 0.15) is 38.3 Å². The van der Waals surface area contributed by atoms with Gasteiger partial charge in [0.25, 0.3) is 17.4 Å². The quantitative estimate of drug-likeness (QED) is 0.511. The highest BCUT2D eigenvalue weighted by molar-refractivity contribution is 7.19. The number of aromatic amines is 1. The SMILES string of the molecule is CCOC(=O)c1c(C)sc2nc(C(=O)NCc3ccc4c(c3)NC(=O)CO4)[nH]c(=O)c12. The molecule has 3 heterocycles. The van der Waals surface area contributed by atoms with Crippen LogP contribution >= 0.6 is 11.3 Å². The normalized spacial score (nSPS) is 12.6. The van der Waals surface area contributed by atoms with Gasteiger partial charge in [0.15, 0.2) is 6.61 Å². The number of ether oxygens (including phenoxy) is 2. The number of rotatable bonds is 5. The van der Waals surface area contributed by atoms with Crippen LogP contribution in [-0.4, -0.2) is 41.0 Å². The average molecular weight is 442 g/mol. The molecule has 0 bridgehead atoms. The van der Waals surface area contributed by atoms with Crippen molar-refractivity contribution in [3.63, 3.8) is 0 Å². The summed E-state index contributed by atoms with van der Waals surface area (Å²) in [5, 5.41) is 5.49. The number of benzene rings is 1. The number of esters is 1. The number of H-pyrrole nitrogens is 1. The van der Waals surface area contributed by atoms with E-state index in [1.54, 1.807) is 32.0 Å². The average Bonchev–Trinajstić information content (AvgIpc) is 3.08. The zero-order valence-electron chi connectivity index (χ0n) is 16.7. The van der Waals surface area contributed by atoms with E-state index in [-0.39, 0.29) is 47.3 Å². The van der Waals surface area contributed by atoms with Gasteiger partial charge in [0.1, 0.15) is 10.6 Å². The number of nitrogens with zero attached hydrogens (tertiary/aromatic N) is 1. The summed E-state index contributed by atoms with van der Waals surface area (Å²) in [6.07, 6.45) is 0. The summed E-state index contributed by atoms with van der Waals surface area (Å²) in [5.41, 5.74) is 0.825. The maximum atomic E-state index is 12.6. The number of aromatic nitrogens is 2. The Kier molecular flexibility index (Phi) is 5.42. The third-order valence-corrected chi connectivity index (χ3v) is 5.56. The highest BCUT2D eigenvalue weighted by atomic mass is 32.1. The summed E-state index contributed by atoms with van der Waals surface area (Å²) >= 11 is 1.14. The first-order valence-electron chi connectivity index (χ1n) is 9.41. The van der Waals surface area contributed by atoms with Crippen molar-refractivity contribution in [1.82, 2.24) is 15.3 Å². The van der Waals surface area contributed by atoms with Gasteiger partial charge in [-0.05, 0) is 31.5 Å². The topological polar surface area (TPSA) is 139 Å². The van der Waals surface area contributed by atoms with Crippen molar-refractivity contribution in [3.05, 3.63) is 50.4 Å². The first-order valence-corrected chi connectivity index (χ1v) is 10.2. The molecule has 0 spiro atoms. The lowest BCUT2D eigenvalue weighted by molar-refractivity contribution is -0.118. The largest absolute Gasteiger partial charge is 0.482 e. The maximum absolute atomic E-state index is 12.6. The van der Waals surface area contributed by atoms with E-state index in [2.05, 4.69) is 20.6 Å². The molecular weight excluding hydrogens is 424 g/mol. The van der Waals surface area contributed by atoms with Gasteiger partial charge in [-0.2, -0.15) is 0 Å². The molecule has 1 aromatic carbocycles. The van der Waals surface area contributed by atoms with E-state index in [1.807, 2.05) is 0 Å². The van der Waals surface area contributed by atoms with Crippen LogP contribution in [-0.2, 0) is 16.1 Å². The van der Waals surface area contributed by atoms with E-state index in [1.165, 1.54) is 0 Å². The van der Waals surface area contributed by atoms with Crippen molar-refractivity contribution in [2.24, 2.45) is 0 Å². The number of hydrogen-bond acceptors (Lipinski definition) is 8. The number of hydrogen-bond donors (Lipinski definition) is 3. The highest BCUT2D eigenvalue weighted by Crippen LogP contribution is 2.29. The van der Waals surface area contributed by atoms with Crippen LogP contribution in [0, 0.1) is 6.92 Å². The van der Waals surface area contributed by atoms with Crippen LogP contribution in [0.25, 0.3) is 10.2 Å². The summed E-state index contributed by atoms with van der Waals surface area (Å²) in [7, 11) is 0. The van der Waals surface area contributed by atoms with E-state index >= 15 is 0 Å². The summed E-state index contributed by atoms with van der Waals surface area (Å²) < 4.78 is 10.3. The van der Waals surface area contributed by atoms with Crippen LogP contribution in [0.2, 0.25) is 0 Å². The number of carbonyl (C=O) groups is 3. The van der Waals surface area contributed by atoms with Crippen molar-refractivity contribution >= 4 is 45.0 Å². The third kappa shape index (κ3) is 3.99. The predicted octanol–water partition coefficient (Wildman–Crippen LogP) is 1.73. The lowest BCUT2D eigenvalue weighted by Crippen LogP contribution is -2.28. The molecule has 3 N–H and O–H groups in total. The van der Waals surface area contributed by atoms with Crippen molar-refractivity contribution in [1.29, 1.82) is 0 Å². The Bertz CT molecular complexity index is 1280. The fraction of sp³-hybridized carbons (Fsp3) is 0.250. The highest BCUT2D eigenvalue weighted by Gasteiger charge is 2.23. The Morgan fingerprint density at radius 1 is 1.32 bits per heavy atom. The molecule has 1 aliphatic heterocycles. The van der Waals surface area contributed by atoms with Gasteiger partial charge >= 0.3 is 5.97 Å². The number of carbonyl (C=O) groups excluding carboxylic acids is 3. The lowest BCUT2D eigenvalue weighted by Gasteiger charge is -2.18. The molecule has 10 nitrogen and oxygen atoms in total. The minimum absolute atomic E-state index is 0.0370. The van der Waals surface area contributed by atoms with E-state index < -0.39 is 17.4 Å². The molecule has 31 heavy (non-hydrogen) atoms.